The average Bonchev–Trinajstić information content (AvgIpc) is 2.45. The fourth-order valence-corrected chi connectivity index (χ4v) is 2.08. The highest BCUT2D eigenvalue weighted by atomic mass is 16.5. The van der Waals surface area contributed by atoms with Crippen LogP contribution >= 0.6 is 0 Å². The molecule has 0 radical (unpaired) electrons. The van der Waals surface area contributed by atoms with Gasteiger partial charge in [0, 0.05) is 6.61 Å². The Labute approximate surface area is 115 Å². The van der Waals surface area contributed by atoms with E-state index < -0.39 is 6.10 Å². The van der Waals surface area contributed by atoms with Crippen LogP contribution in [0.4, 0.5) is 0 Å². The number of rotatable bonds is 8. The van der Waals surface area contributed by atoms with Crippen molar-refractivity contribution in [2.75, 3.05) is 20.8 Å². The van der Waals surface area contributed by atoms with E-state index in [-0.39, 0.29) is 6.10 Å². The maximum atomic E-state index is 10.4. The highest BCUT2D eigenvalue weighted by Crippen LogP contribution is 2.32. The molecule has 0 aliphatic rings. The summed E-state index contributed by atoms with van der Waals surface area (Å²) in [5, 5.41) is 10.4. The molecular weight excluding hydrogens is 244 g/mol. The molecule has 0 bridgehead atoms. The van der Waals surface area contributed by atoms with Crippen molar-refractivity contribution in [3.63, 3.8) is 0 Å². The molecule has 0 amide bonds. The lowest BCUT2D eigenvalue weighted by molar-refractivity contribution is -0.0385. The Morgan fingerprint density at radius 2 is 1.79 bits per heavy atom. The predicted molar refractivity (Wildman–Crippen MR) is 74.8 cm³/mol. The van der Waals surface area contributed by atoms with Crippen LogP contribution in [-0.2, 0) is 4.74 Å². The maximum Gasteiger partial charge on any atom is 0.161 e. The van der Waals surface area contributed by atoms with E-state index in [1.807, 2.05) is 13.0 Å². The minimum Gasteiger partial charge on any atom is -0.493 e. The van der Waals surface area contributed by atoms with E-state index >= 15 is 0 Å². The summed E-state index contributed by atoms with van der Waals surface area (Å²) < 4.78 is 16.0. The molecule has 0 fully saturated rings. The Balaban J connectivity index is 2.93. The minimum atomic E-state index is -0.653. The lowest BCUT2D eigenvalue weighted by atomic mass is 10.0. The molecule has 0 aliphatic heterocycles. The molecule has 1 aromatic carbocycles. The molecule has 1 N–H and O–H groups in total. The number of aliphatic hydroxyl groups excluding tert-OH is 1. The van der Waals surface area contributed by atoms with Gasteiger partial charge in [0.2, 0.25) is 0 Å². The van der Waals surface area contributed by atoms with E-state index in [1.165, 1.54) is 0 Å². The van der Waals surface area contributed by atoms with Gasteiger partial charge in [-0.2, -0.15) is 0 Å². The topological polar surface area (TPSA) is 47.9 Å². The quantitative estimate of drug-likeness (QED) is 0.787. The Hall–Kier alpha value is -1.26. The third-order valence-electron chi connectivity index (χ3n) is 3.06. The summed E-state index contributed by atoms with van der Waals surface area (Å²) in [4.78, 5) is 0. The van der Waals surface area contributed by atoms with Gasteiger partial charge in [0.05, 0.1) is 20.3 Å². The van der Waals surface area contributed by atoms with Gasteiger partial charge in [-0.25, -0.2) is 0 Å². The van der Waals surface area contributed by atoms with Gasteiger partial charge >= 0.3 is 0 Å². The molecule has 2 atom stereocenters. The number of ether oxygens (including phenoxy) is 3. The van der Waals surface area contributed by atoms with Gasteiger partial charge in [-0.15, -0.1) is 0 Å². The summed E-state index contributed by atoms with van der Waals surface area (Å²) in [6.07, 6.45) is 0.950. The molecule has 4 heteroatoms. The zero-order valence-corrected chi connectivity index (χ0v) is 12.2. The van der Waals surface area contributed by atoms with Crippen LogP contribution in [0, 0.1) is 0 Å². The highest BCUT2D eigenvalue weighted by Gasteiger charge is 2.21. The van der Waals surface area contributed by atoms with Crippen LogP contribution in [0.5, 0.6) is 11.5 Å². The number of aliphatic hydroxyl groups is 1. The zero-order chi connectivity index (χ0) is 14.3. The first-order chi connectivity index (χ1) is 9.17. The normalized spacial score (nSPS) is 13.9. The first-order valence-corrected chi connectivity index (χ1v) is 6.69. The number of methoxy groups -OCH3 is 2. The van der Waals surface area contributed by atoms with Crippen molar-refractivity contribution in [3.8, 4) is 11.5 Å². The molecule has 1 aromatic rings. The van der Waals surface area contributed by atoms with Gasteiger partial charge in [-0.3, -0.25) is 0 Å². The number of hydrogen-bond donors (Lipinski definition) is 1. The molecule has 0 spiro atoms. The molecule has 19 heavy (non-hydrogen) atoms. The van der Waals surface area contributed by atoms with E-state index in [1.54, 1.807) is 26.4 Å². The lowest BCUT2D eigenvalue weighted by Crippen LogP contribution is -2.22. The Morgan fingerprint density at radius 1 is 1.11 bits per heavy atom. The van der Waals surface area contributed by atoms with E-state index in [0.717, 1.165) is 18.4 Å². The summed E-state index contributed by atoms with van der Waals surface area (Å²) >= 11 is 0. The molecule has 4 nitrogen and oxygen atoms in total. The largest absolute Gasteiger partial charge is 0.493 e. The molecule has 0 aliphatic carbocycles. The minimum absolute atomic E-state index is 0.187. The SMILES string of the molecule is CCCC(OCC)C(O)c1ccc(OC)c(OC)c1. The van der Waals surface area contributed by atoms with Gasteiger partial charge < -0.3 is 19.3 Å². The Morgan fingerprint density at radius 3 is 2.32 bits per heavy atom. The second-order valence-electron chi connectivity index (χ2n) is 4.34. The molecule has 1 rings (SSSR count). The predicted octanol–water partition coefficient (Wildman–Crippen LogP) is 2.94. The van der Waals surface area contributed by atoms with Crippen molar-refractivity contribution in [2.24, 2.45) is 0 Å². The Bertz CT molecular complexity index is 372. The number of hydrogen-bond acceptors (Lipinski definition) is 4. The summed E-state index contributed by atoms with van der Waals surface area (Å²) in [5.74, 6) is 1.27. The fourth-order valence-electron chi connectivity index (χ4n) is 2.08. The van der Waals surface area contributed by atoms with Crippen LogP contribution in [0.15, 0.2) is 18.2 Å². The molecule has 0 aromatic heterocycles. The summed E-state index contributed by atoms with van der Waals surface area (Å²) in [5.41, 5.74) is 0.782. The van der Waals surface area contributed by atoms with Crippen LogP contribution in [0.25, 0.3) is 0 Å². The second-order valence-corrected chi connectivity index (χ2v) is 4.34. The standard InChI is InChI=1S/C15H24O4/c1-5-7-13(19-6-2)15(16)11-8-9-12(17-3)14(10-11)18-4/h8-10,13,15-16H,5-7H2,1-4H3. The monoisotopic (exact) mass is 268 g/mol. The number of benzene rings is 1. The second kappa shape index (κ2) is 8.02. The van der Waals surface area contributed by atoms with Gasteiger partial charge in [0.1, 0.15) is 6.10 Å². The van der Waals surface area contributed by atoms with Crippen molar-refractivity contribution < 1.29 is 19.3 Å². The van der Waals surface area contributed by atoms with Crippen LogP contribution in [0.2, 0.25) is 0 Å². The summed E-state index contributed by atoms with van der Waals surface area (Å²) in [7, 11) is 3.17. The third-order valence-corrected chi connectivity index (χ3v) is 3.06. The van der Waals surface area contributed by atoms with Gasteiger partial charge in [-0.1, -0.05) is 19.4 Å². The third kappa shape index (κ3) is 4.11. The molecule has 108 valence electrons. The van der Waals surface area contributed by atoms with E-state index in [4.69, 9.17) is 14.2 Å². The van der Waals surface area contributed by atoms with Crippen molar-refractivity contribution in [1.29, 1.82) is 0 Å². The molecule has 2 unspecified atom stereocenters. The van der Waals surface area contributed by atoms with Crippen molar-refractivity contribution in [1.82, 2.24) is 0 Å². The van der Waals surface area contributed by atoms with E-state index in [9.17, 15) is 5.11 Å². The highest BCUT2D eigenvalue weighted by molar-refractivity contribution is 5.43. The first kappa shape index (κ1) is 15.8. The van der Waals surface area contributed by atoms with Crippen LogP contribution in [0.1, 0.15) is 38.4 Å². The zero-order valence-electron chi connectivity index (χ0n) is 12.2. The summed E-state index contributed by atoms with van der Waals surface area (Å²) in [6, 6.07) is 5.44. The molecular formula is C15H24O4. The lowest BCUT2D eigenvalue weighted by Gasteiger charge is -2.23. The van der Waals surface area contributed by atoms with Gasteiger partial charge in [0.25, 0.3) is 0 Å². The van der Waals surface area contributed by atoms with E-state index in [2.05, 4.69) is 6.92 Å². The fraction of sp³-hybridized carbons (Fsp3) is 0.600. The van der Waals surface area contributed by atoms with Crippen LogP contribution in [-0.4, -0.2) is 32.0 Å². The molecule has 0 heterocycles. The average molecular weight is 268 g/mol. The Kier molecular flexibility index (Phi) is 6.67. The van der Waals surface area contributed by atoms with Gasteiger partial charge in [-0.05, 0) is 31.0 Å². The molecule has 0 saturated carbocycles. The maximum absolute atomic E-state index is 10.4. The summed E-state index contributed by atoms with van der Waals surface area (Å²) in [6.45, 7) is 4.60. The van der Waals surface area contributed by atoms with Crippen molar-refractivity contribution >= 4 is 0 Å². The van der Waals surface area contributed by atoms with Gasteiger partial charge in [0.15, 0.2) is 11.5 Å². The van der Waals surface area contributed by atoms with Crippen LogP contribution in [0.3, 0.4) is 0 Å². The smallest absolute Gasteiger partial charge is 0.161 e. The molecule has 0 saturated heterocycles. The van der Waals surface area contributed by atoms with Crippen molar-refractivity contribution in [2.45, 2.75) is 38.9 Å². The van der Waals surface area contributed by atoms with Crippen molar-refractivity contribution in [3.05, 3.63) is 23.8 Å². The first-order valence-electron chi connectivity index (χ1n) is 6.69. The van der Waals surface area contributed by atoms with E-state index in [0.29, 0.717) is 18.1 Å². The van der Waals surface area contributed by atoms with Crippen LogP contribution < -0.4 is 9.47 Å².